The molecule has 0 spiro atoms. The molecule has 2 atom stereocenters. The van der Waals surface area contributed by atoms with E-state index in [0.29, 0.717) is 33.9 Å². The van der Waals surface area contributed by atoms with Crippen LogP contribution in [-0.2, 0) is 0 Å². The molecule has 1 heterocycles. The first-order chi connectivity index (χ1) is 8.56. The number of hydrogen-bond donors (Lipinski definition) is 0. The quantitative estimate of drug-likeness (QED) is 0.725. The topological polar surface area (TPSA) is 20.3 Å². The van der Waals surface area contributed by atoms with Crippen LogP contribution in [0.5, 0.6) is 0 Å². The number of benzene rings is 1. The summed E-state index contributed by atoms with van der Waals surface area (Å²) in [6.07, 6.45) is 1.71. The highest BCUT2D eigenvalue weighted by Gasteiger charge is 2.38. The Labute approximate surface area is 117 Å². The third-order valence-electron chi connectivity index (χ3n) is 4.17. The highest BCUT2D eigenvalue weighted by Crippen LogP contribution is 2.44. The molecule has 4 heteroatoms. The molecule has 1 aliphatic heterocycles. The van der Waals surface area contributed by atoms with E-state index in [1.54, 1.807) is 6.07 Å². The Balaban J connectivity index is 2.12. The van der Waals surface area contributed by atoms with Gasteiger partial charge in [-0.3, -0.25) is 4.79 Å². The summed E-state index contributed by atoms with van der Waals surface area (Å²) in [5, 5.41) is 1.13. The maximum absolute atomic E-state index is 12.2. The van der Waals surface area contributed by atoms with Gasteiger partial charge in [0.2, 0.25) is 0 Å². The number of nitrogens with zero attached hydrogens (tertiary/aromatic N) is 1. The fourth-order valence-electron chi connectivity index (χ4n) is 3.28. The second-order valence-corrected chi connectivity index (χ2v) is 6.24. The SMILES string of the molecule is CN1CC[C@H]2CC(=O)c3c(Cl)cc(Cl)cc3[C@@H]2C1. The van der Waals surface area contributed by atoms with Crippen molar-refractivity contribution in [1.29, 1.82) is 0 Å². The lowest BCUT2D eigenvalue weighted by atomic mass is 9.71. The number of piperidine rings is 1. The van der Waals surface area contributed by atoms with Crippen molar-refractivity contribution in [3.05, 3.63) is 33.3 Å². The Morgan fingerprint density at radius 2 is 2.11 bits per heavy atom. The van der Waals surface area contributed by atoms with E-state index >= 15 is 0 Å². The predicted octanol–water partition coefficient (Wildman–Crippen LogP) is 3.62. The molecule has 2 aliphatic rings. The second kappa shape index (κ2) is 4.52. The molecule has 0 bridgehead atoms. The fourth-order valence-corrected chi connectivity index (χ4v) is 3.90. The molecule has 1 aromatic rings. The summed E-state index contributed by atoms with van der Waals surface area (Å²) < 4.78 is 0. The maximum Gasteiger partial charge on any atom is 0.164 e. The van der Waals surface area contributed by atoms with Gasteiger partial charge in [0.15, 0.2) is 5.78 Å². The Morgan fingerprint density at radius 1 is 1.33 bits per heavy atom. The van der Waals surface area contributed by atoms with Gasteiger partial charge in [0.05, 0.1) is 5.02 Å². The molecule has 1 fully saturated rings. The number of rotatable bonds is 0. The molecule has 1 saturated heterocycles. The Kier molecular flexibility index (Phi) is 3.13. The Hall–Kier alpha value is -0.570. The minimum Gasteiger partial charge on any atom is -0.306 e. The number of ketones is 1. The second-order valence-electron chi connectivity index (χ2n) is 5.40. The predicted molar refractivity (Wildman–Crippen MR) is 73.8 cm³/mol. The lowest BCUT2D eigenvalue weighted by molar-refractivity contribution is 0.0887. The van der Waals surface area contributed by atoms with Gasteiger partial charge >= 0.3 is 0 Å². The summed E-state index contributed by atoms with van der Waals surface area (Å²) in [5.74, 6) is 1.03. The minimum absolute atomic E-state index is 0.178. The smallest absolute Gasteiger partial charge is 0.164 e. The summed E-state index contributed by atoms with van der Waals surface area (Å²) in [4.78, 5) is 14.5. The van der Waals surface area contributed by atoms with Gasteiger partial charge < -0.3 is 4.90 Å². The Morgan fingerprint density at radius 3 is 2.89 bits per heavy atom. The van der Waals surface area contributed by atoms with Crippen molar-refractivity contribution in [3.8, 4) is 0 Å². The first-order valence-corrected chi connectivity index (χ1v) is 7.02. The molecule has 1 aliphatic carbocycles. The number of Topliss-reactive ketones (excluding diaryl/α,β-unsaturated/α-hetero) is 1. The van der Waals surface area contributed by atoms with E-state index in [9.17, 15) is 4.79 Å². The zero-order valence-electron chi connectivity index (χ0n) is 10.2. The normalized spacial score (nSPS) is 27.8. The van der Waals surface area contributed by atoms with Crippen LogP contribution >= 0.6 is 23.2 Å². The van der Waals surface area contributed by atoms with Crippen LogP contribution in [0.25, 0.3) is 0 Å². The minimum atomic E-state index is 0.178. The molecule has 0 radical (unpaired) electrons. The number of hydrogen-bond acceptors (Lipinski definition) is 2. The van der Waals surface area contributed by atoms with Crippen molar-refractivity contribution in [3.63, 3.8) is 0 Å². The van der Waals surface area contributed by atoms with E-state index in [1.165, 1.54) is 0 Å². The van der Waals surface area contributed by atoms with Crippen molar-refractivity contribution in [2.75, 3.05) is 20.1 Å². The molecular weight excluding hydrogens is 269 g/mol. The molecule has 2 nitrogen and oxygen atoms in total. The molecular formula is C14H15Cl2NO. The number of carbonyl (C=O) groups is 1. The highest BCUT2D eigenvalue weighted by atomic mass is 35.5. The van der Waals surface area contributed by atoms with Crippen LogP contribution in [0.1, 0.15) is 34.7 Å². The monoisotopic (exact) mass is 283 g/mol. The van der Waals surface area contributed by atoms with E-state index in [1.807, 2.05) is 6.07 Å². The maximum atomic E-state index is 12.2. The van der Waals surface area contributed by atoms with Crippen molar-refractivity contribution < 1.29 is 4.79 Å². The average Bonchev–Trinajstić information content (AvgIpc) is 2.29. The molecule has 96 valence electrons. The van der Waals surface area contributed by atoms with Gasteiger partial charge in [-0.2, -0.15) is 0 Å². The van der Waals surface area contributed by atoms with Crippen LogP contribution in [0.2, 0.25) is 10.0 Å². The largest absolute Gasteiger partial charge is 0.306 e. The van der Waals surface area contributed by atoms with Gasteiger partial charge in [-0.05, 0) is 43.6 Å². The van der Waals surface area contributed by atoms with E-state index in [-0.39, 0.29) is 5.78 Å². The molecule has 0 N–H and O–H groups in total. The summed E-state index contributed by atoms with van der Waals surface area (Å²) in [6.45, 7) is 2.06. The standard InChI is InChI=1S/C14H15Cl2NO/c1-17-3-2-8-4-13(18)14-10(11(8)7-17)5-9(15)6-12(14)16/h5-6,8,11H,2-4,7H2,1H3/t8-,11+/m0/s1. The van der Waals surface area contributed by atoms with E-state index in [0.717, 1.165) is 25.1 Å². The van der Waals surface area contributed by atoms with Crippen molar-refractivity contribution in [1.82, 2.24) is 4.90 Å². The molecule has 1 aromatic carbocycles. The zero-order chi connectivity index (χ0) is 12.9. The zero-order valence-corrected chi connectivity index (χ0v) is 11.8. The molecule has 0 saturated carbocycles. The number of fused-ring (bicyclic) bond motifs is 3. The molecule has 18 heavy (non-hydrogen) atoms. The first kappa shape index (κ1) is 12.5. The van der Waals surface area contributed by atoms with Crippen LogP contribution in [0, 0.1) is 5.92 Å². The van der Waals surface area contributed by atoms with Gasteiger partial charge in [-0.1, -0.05) is 23.2 Å². The van der Waals surface area contributed by atoms with Crippen LogP contribution < -0.4 is 0 Å². The van der Waals surface area contributed by atoms with Gasteiger partial charge in [0.1, 0.15) is 0 Å². The average molecular weight is 284 g/mol. The van der Waals surface area contributed by atoms with Crippen molar-refractivity contribution in [2.45, 2.75) is 18.8 Å². The van der Waals surface area contributed by atoms with Gasteiger partial charge in [0.25, 0.3) is 0 Å². The molecule has 0 amide bonds. The third kappa shape index (κ3) is 1.97. The van der Waals surface area contributed by atoms with E-state index in [4.69, 9.17) is 23.2 Å². The van der Waals surface area contributed by atoms with Crippen molar-refractivity contribution in [2.24, 2.45) is 5.92 Å². The summed E-state index contributed by atoms with van der Waals surface area (Å²) >= 11 is 12.3. The number of halogens is 2. The van der Waals surface area contributed by atoms with Gasteiger partial charge in [-0.15, -0.1) is 0 Å². The lowest BCUT2D eigenvalue weighted by Gasteiger charge is -2.40. The number of likely N-dealkylation sites (N-methyl/N-ethyl adjacent to an activating group) is 1. The molecule has 0 unspecified atom stereocenters. The third-order valence-corrected chi connectivity index (χ3v) is 4.69. The summed E-state index contributed by atoms with van der Waals surface area (Å²) in [6, 6.07) is 3.60. The van der Waals surface area contributed by atoms with E-state index < -0.39 is 0 Å². The van der Waals surface area contributed by atoms with Crippen LogP contribution in [0.4, 0.5) is 0 Å². The first-order valence-electron chi connectivity index (χ1n) is 6.27. The highest BCUT2D eigenvalue weighted by molar-refractivity contribution is 6.37. The van der Waals surface area contributed by atoms with Crippen LogP contribution in [0.15, 0.2) is 12.1 Å². The van der Waals surface area contributed by atoms with E-state index in [2.05, 4.69) is 11.9 Å². The lowest BCUT2D eigenvalue weighted by Crippen LogP contribution is -2.40. The van der Waals surface area contributed by atoms with Crippen LogP contribution in [0.3, 0.4) is 0 Å². The fraction of sp³-hybridized carbons (Fsp3) is 0.500. The van der Waals surface area contributed by atoms with Crippen LogP contribution in [-0.4, -0.2) is 30.8 Å². The number of likely N-dealkylation sites (tertiary alicyclic amines) is 1. The summed E-state index contributed by atoms with van der Waals surface area (Å²) in [5.41, 5.74) is 1.76. The number of carbonyl (C=O) groups excluding carboxylic acids is 1. The molecule has 3 rings (SSSR count). The Bertz CT molecular complexity index is 515. The van der Waals surface area contributed by atoms with Crippen molar-refractivity contribution >= 4 is 29.0 Å². The van der Waals surface area contributed by atoms with Gasteiger partial charge in [-0.25, -0.2) is 0 Å². The van der Waals surface area contributed by atoms with Gasteiger partial charge in [0, 0.05) is 29.5 Å². The summed E-state index contributed by atoms with van der Waals surface area (Å²) in [7, 11) is 2.12. The molecule has 0 aromatic heterocycles.